The van der Waals surface area contributed by atoms with Gasteiger partial charge in [-0.2, -0.15) is 5.10 Å². The summed E-state index contributed by atoms with van der Waals surface area (Å²) in [6, 6.07) is 0.0551. The molecular weight excluding hydrogens is 202 g/mol. The van der Waals surface area contributed by atoms with E-state index in [4.69, 9.17) is 10.5 Å². The first-order chi connectivity index (χ1) is 7.71. The summed E-state index contributed by atoms with van der Waals surface area (Å²) in [5.41, 5.74) is 7.32. The fraction of sp³-hybridized carbons (Fsp3) is 0.750. The number of methoxy groups -OCH3 is 1. The lowest BCUT2D eigenvalue weighted by atomic mass is 10.0. The summed E-state index contributed by atoms with van der Waals surface area (Å²) in [5, 5.41) is 4.24. The molecule has 0 amide bonds. The molecule has 4 heteroatoms. The molecule has 0 aliphatic heterocycles. The second-order valence-electron chi connectivity index (χ2n) is 4.14. The highest BCUT2D eigenvalue weighted by Crippen LogP contribution is 2.10. The summed E-state index contributed by atoms with van der Waals surface area (Å²) in [7, 11) is 1.73. The molecule has 0 saturated heterocycles. The van der Waals surface area contributed by atoms with E-state index in [0.29, 0.717) is 0 Å². The van der Waals surface area contributed by atoms with Crippen molar-refractivity contribution in [3.05, 3.63) is 18.0 Å². The molecule has 2 atom stereocenters. The maximum Gasteiger partial charge on any atom is 0.0725 e. The first-order valence-corrected chi connectivity index (χ1v) is 6.00. The van der Waals surface area contributed by atoms with Gasteiger partial charge in [0.25, 0.3) is 0 Å². The number of rotatable bonds is 7. The van der Waals surface area contributed by atoms with Crippen molar-refractivity contribution < 1.29 is 4.74 Å². The van der Waals surface area contributed by atoms with E-state index in [1.807, 2.05) is 10.9 Å². The van der Waals surface area contributed by atoms with Crippen molar-refractivity contribution in [3.63, 3.8) is 0 Å². The molecule has 0 aliphatic rings. The molecule has 4 nitrogen and oxygen atoms in total. The van der Waals surface area contributed by atoms with Crippen LogP contribution in [0, 0.1) is 0 Å². The van der Waals surface area contributed by atoms with Crippen LogP contribution in [0.1, 0.15) is 32.3 Å². The van der Waals surface area contributed by atoms with Gasteiger partial charge in [-0.25, -0.2) is 0 Å². The molecule has 0 aliphatic carbocycles. The van der Waals surface area contributed by atoms with Gasteiger partial charge in [0, 0.05) is 25.9 Å². The molecule has 1 rings (SSSR count). The van der Waals surface area contributed by atoms with Gasteiger partial charge < -0.3 is 10.5 Å². The molecule has 0 fully saturated rings. The van der Waals surface area contributed by atoms with Crippen LogP contribution in [0.2, 0.25) is 0 Å². The highest BCUT2D eigenvalue weighted by molar-refractivity contribution is 5.06. The van der Waals surface area contributed by atoms with Crippen LogP contribution < -0.4 is 5.73 Å². The maximum atomic E-state index is 6.14. The summed E-state index contributed by atoms with van der Waals surface area (Å²) in [6.07, 6.45) is 7.04. The summed E-state index contributed by atoms with van der Waals surface area (Å²) < 4.78 is 7.33. The van der Waals surface area contributed by atoms with Crippen LogP contribution in [0.25, 0.3) is 0 Å². The molecule has 2 N–H and O–H groups in total. The number of aromatic nitrogens is 2. The van der Waals surface area contributed by atoms with Crippen molar-refractivity contribution in [1.82, 2.24) is 9.78 Å². The number of hydrogen-bond acceptors (Lipinski definition) is 3. The standard InChI is InChI=1S/C12H23N3O/c1-4-6-12(16-3)11(13)7-10-8-14-15(5-2)9-10/h8-9,11-12H,4-7,13H2,1-3H3. The van der Waals surface area contributed by atoms with E-state index < -0.39 is 0 Å². The molecule has 16 heavy (non-hydrogen) atoms. The van der Waals surface area contributed by atoms with Gasteiger partial charge in [0.15, 0.2) is 0 Å². The predicted octanol–water partition coefficient (Wildman–Crippen LogP) is 1.59. The quantitative estimate of drug-likeness (QED) is 0.766. The topological polar surface area (TPSA) is 53.1 Å². The van der Waals surface area contributed by atoms with Crippen LogP contribution in [0.5, 0.6) is 0 Å². The molecule has 0 aromatic carbocycles. The lowest BCUT2D eigenvalue weighted by Crippen LogP contribution is -2.37. The minimum absolute atomic E-state index is 0.0551. The van der Waals surface area contributed by atoms with Crippen LogP contribution in [-0.2, 0) is 17.7 Å². The second-order valence-corrected chi connectivity index (χ2v) is 4.14. The summed E-state index contributed by atoms with van der Waals surface area (Å²) >= 11 is 0. The van der Waals surface area contributed by atoms with Crippen molar-refractivity contribution in [2.24, 2.45) is 5.73 Å². The lowest BCUT2D eigenvalue weighted by molar-refractivity contribution is 0.0726. The van der Waals surface area contributed by atoms with Crippen LogP contribution >= 0.6 is 0 Å². The molecule has 92 valence electrons. The molecule has 0 spiro atoms. The van der Waals surface area contributed by atoms with Gasteiger partial charge in [0.05, 0.1) is 12.3 Å². The number of nitrogens with zero attached hydrogens (tertiary/aromatic N) is 2. The van der Waals surface area contributed by atoms with E-state index in [-0.39, 0.29) is 12.1 Å². The minimum atomic E-state index is 0.0551. The molecule has 0 bridgehead atoms. The van der Waals surface area contributed by atoms with Crippen LogP contribution in [0.4, 0.5) is 0 Å². The van der Waals surface area contributed by atoms with E-state index >= 15 is 0 Å². The van der Waals surface area contributed by atoms with E-state index in [1.165, 1.54) is 5.56 Å². The molecule has 0 radical (unpaired) electrons. The molecule has 1 aromatic heterocycles. The molecular formula is C12H23N3O. The molecule has 1 aromatic rings. The Morgan fingerprint density at radius 2 is 2.25 bits per heavy atom. The van der Waals surface area contributed by atoms with Crippen molar-refractivity contribution in [2.45, 2.75) is 51.8 Å². The van der Waals surface area contributed by atoms with Crippen molar-refractivity contribution in [1.29, 1.82) is 0 Å². The summed E-state index contributed by atoms with van der Waals surface area (Å²) in [4.78, 5) is 0. The highest BCUT2D eigenvalue weighted by atomic mass is 16.5. The first kappa shape index (κ1) is 13.2. The largest absolute Gasteiger partial charge is 0.380 e. The molecule has 2 unspecified atom stereocenters. The average molecular weight is 225 g/mol. The Balaban J connectivity index is 2.51. The monoisotopic (exact) mass is 225 g/mol. The van der Waals surface area contributed by atoms with Gasteiger partial charge >= 0.3 is 0 Å². The van der Waals surface area contributed by atoms with E-state index in [9.17, 15) is 0 Å². The number of nitrogens with two attached hydrogens (primary N) is 1. The third-order valence-corrected chi connectivity index (χ3v) is 2.84. The Morgan fingerprint density at radius 1 is 1.50 bits per heavy atom. The number of aryl methyl sites for hydroxylation is 1. The van der Waals surface area contributed by atoms with Crippen LogP contribution in [-0.4, -0.2) is 29.0 Å². The average Bonchev–Trinajstić information content (AvgIpc) is 2.73. The minimum Gasteiger partial charge on any atom is -0.380 e. The Kier molecular flexibility index (Phi) is 5.49. The fourth-order valence-corrected chi connectivity index (χ4v) is 1.88. The van der Waals surface area contributed by atoms with E-state index in [0.717, 1.165) is 25.8 Å². The second kappa shape index (κ2) is 6.66. The van der Waals surface area contributed by atoms with Gasteiger partial charge in [-0.15, -0.1) is 0 Å². The smallest absolute Gasteiger partial charge is 0.0725 e. The first-order valence-electron chi connectivity index (χ1n) is 6.00. The molecule has 1 heterocycles. The van der Waals surface area contributed by atoms with Crippen molar-refractivity contribution in [2.75, 3.05) is 7.11 Å². The van der Waals surface area contributed by atoms with Gasteiger partial charge in [0.2, 0.25) is 0 Å². The lowest BCUT2D eigenvalue weighted by Gasteiger charge is -2.21. The highest BCUT2D eigenvalue weighted by Gasteiger charge is 2.17. The third kappa shape index (κ3) is 3.61. The van der Waals surface area contributed by atoms with E-state index in [1.54, 1.807) is 7.11 Å². The molecule has 0 saturated carbocycles. The van der Waals surface area contributed by atoms with Gasteiger partial charge in [-0.05, 0) is 25.3 Å². The Bertz CT molecular complexity index is 298. The van der Waals surface area contributed by atoms with Crippen molar-refractivity contribution >= 4 is 0 Å². The normalized spacial score (nSPS) is 15.0. The zero-order valence-electron chi connectivity index (χ0n) is 10.5. The van der Waals surface area contributed by atoms with Crippen LogP contribution in [0.3, 0.4) is 0 Å². The Morgan fingerprint density at radius 3 is 2.75 bits per heavy atom. The summed E-state index contributed by atoms with van der Waals surface area (Å²) in [6.45, 7) is 5.12. The van der Waals surface area contributed by atoms with E-state index in [2.05, 4.69) is 25.1 Å². The third-order valence-electron chi connectivity index (χ3n) is 2.84. The van der Waals surface area contributed by atoms with Gasteiger partial charge in [0.1, 0.15) is 0 Å². The SMILES string of the molecule is CCCC(OC)C(N)Cc1cnn(CC)c1. The number of ether oxygens (including phenoxy) is 1. The fourth-order valence-electron chi connectivity index (χ4n) is 1.88. The van der Waals surface area contributed by atoms with Gasteiger partial charge in [-0.3, -0.25) is 4.68 Å². The number of hydrogen-bond donors (Lipinski definition) is 1. The zero-order valence-corrected chi connectivity index (χ0v) is 10.5. The van der Waals surface area contributed by atoms with Crippen LogP contribution in [0.15, 0.2) is 12.4 Å². The zero-order chi connectivity index (χ0) is 12.0. The Hall–Kier alpha value is -0.870. The Labute approximate surface area is 97.8 Å². The predicted molar refractivity (Wildman–Crippen MR) is 65.3 cm³/mol. The van der Waals surface area contributed by atoms with Gasteiger partial charge in [-0.1, -0.05) is 13.3 Å². The van der Waals surface area contributed by atoms with Crippen molar-refractivity contribution in [3.8, 4) is 0 Å². The maximum absolute atomic E-state index is 6.14. The summed E-state index contributed by atoms with van der Waals surface area (Å²) in [5.74, 6) is 0.